The van der Waals surface area contributed by atoms with Gasteiger partial charge in [-0.25, -0.2) is 0 Å². The van der Waals surface area contributed by atoms with Crippen molar-refractivity contribution in [2.75, 3.05) is 21.3 Å². The molecule has 0 heterocycles. The first kappa shape index (κ1) is 11.1. The molecule has 0 saturated heterocycles. The van der Waals surface area contributed by atoms with E-state index in [0.717, 1.165) is 24.4 Å². The van der Waals surface area contributed by atoms with Gasteiger partial charge in [-0.3, -0.25) is 0 Å². The number of rotatable bonds is 4. The molecule has 3 nitrogen and oxygen atoms in total. The van der Waals surface area contributed by atoms with Crippen molar-refractivity contribution in [3.8, 4) is 0 Å². The number of allylic oxidation sites excluding steroid dienone is 1. The first-order valence-corrected chi connectivity index (χ1v) is 4.82. The third-order valence-corrected chi connectivity index (χ3v) is 2.48. The summed E-state index contributed by atoms with van der Waals surface area (Å²) in [5.41, 5.74) is 1.19. The molecule has 1 aliphatic carbocycles. The zero-order valence-electron chi connectivity index (χ0n) is 9.29. The van der Waals surface area contributed by atoms with E-state index in [9.17, 15) is 0 Å². The van der Waals surface area contributed by atoms with Crippen LogP contribution in [0.1, 0.15) is 19.8 Å². The summed E-state index contributed by atoms with van der Waals surface area (Å²) in [5, 5.41) is 0. The van der Waals surface area contributed by atoms with Crippen LogP contribution in [0.15, 0.2) is 23.2 Å². The predicted molar refractivity (Wildman–Crippen MR) is 54.8 cm³/mol. The molecule has 80 valence electrons. The van der Waals surface area contributed by atoms with Gasteiger partial charge in [-0.1, -0.05) is 13.0 Å². The second-order valence-electron chi connectivity index (χ2n) is 3.14. The summed E-state index contributed by atoms with van der Waals surface area (Å²) < 4.78 is 16.0. The van der Waals surface area contributed by atoms with Crippen molar-refractivity contribution in [2.45, 2.75) is 25.9 Å². The van der Waals surface area contributed by atoms with E-state index >= 15 is 0 Å². The van der Waals surface area contributed by atoms with Gasteiger partial charge in [-0.15, -0.1) is 0 Å². The minimum Gasteiger partial charge on any atom is -0.494 e. The van der Waals surface area contributed by atoms with Crippen LogP contribution in [0.25, 0.3) is 0 Å². The molecule has 0 bridgehead atoms. The molecule has 1 unspecified atom stereocenters. The highest BCUT2D eigenvalue weighted by atomic mass is 16.5. The van der Waals surface area contributed by atoms with Crippen molar-refractivity contribution in [1.82, 2.24) is 0 Å². The molecular weight excluding hydrogens is 180 g/mol. The zero-order valence-corrected chi connectivity index (χ0v) is 9.29. The molecule has 1 rings (SSSR count). The first-order valence-electron chi connectivity index (χ1n) is 4.82. The van der Waals surface area contributed by atoms with Crippen molar-refractivity contribution in [3.05, 3.63) is 23.2 Å². The normalized spacial score (nSPS) is 22.0. The maximum absolute atomic E-state index is 5.34. The fourth-order valence-electron chi connectivity index (χ4n) is 1.72. The maximum atomic E-state index is 5.34. The molecule has 0 aromatic carbocycles. The molecule has 0 aliphatic heterocycles. The Kier molecular flexibility index (Phi) is 4.01. The predicted octanol–water partition coefficient (Wildman–Crippen LogP) is 2.25. The minimum absolute atomic E-state index is 0.00903. The van der Waals surface area contributed by atoms with Gasteiger partial charge in [0.1, 0.15) is 6.10 Å². The molecule has 0 amide bonds. The van der Waals surface area contributed by atoms with Gasteiger partial charge >= 0.3 is 0 Å². The van der Waals surface area contributed by atoms with Crippen molar-refractivity contribution in [1.29, 1.82) is 0 Å². The Labute approximate surface area is 85.3 Å². The van der Waals surface area contributed by atoms with Gasteiger partial charge in [0.25, 0.3) is 0 Å². The van der Waals surface area contributed by atoms with Crippen LogP contribution < -0.4 is 0 Å². The van der Waals surface area contributed by atoms with Crippen LogP contribution in [0, 0.1) is 0 Å². The molecule has 0 fully saturated rings. The summed E-state index contributed by atoms with van der Waals surface area (Å²) in [6.45, 7) is 2.10. The molecule has 3 heteroatoms. The summed E-state index contributed by atoms with van der Waals surface area (Å²) in [6.07, 6.45) is 3.95. The lowest BCUT2D eigenvalue weighted by atomic mass is 9.99. The van der Waals surface area contributed by atoms with Crippen LogP contribution >= 0.6 is 0 Å². The molecule has 0 N–H and O–H groups in total. The standard InChI is InChI=1S/C11H18O3/c1-5-8-6-7-9(12-2)11(14-4)10(8)13-3/h6,9H,5,7H2,1-4H3. The molecule has 0 spiro atoms. The number of ether oxygens (including phenoxy) is 3. The quantitative estimate of drug-likeness (QED) is 0.693. The van der Waals surface area contributed by atoms with Crippen LogP contribution in [-0.2, 0) is 14.2 Å². The van der Waals surface area contributed by atoms with Crippen LogP contribution in [0.5, 0.6) is 0 Å². The lowest BCUT2D eigenvalue weighted by Crippen LogP contribution is -2.21. The smallest absolute Gasteiger partial charge is 0.167 e. The summed E-state index contributed by atoms with van der Waals surface area (Å²) in [5.74, 6) is 1.63. The Hall–Kier alpha value is -0.960. The molecule has 1 atom stereocenters. The van der Waals surface area contributed by atoms with Gasteiger partial charge in [0, 0.05) is 7.11 Å². The zero-order chi connectivity index (χ0) is 10.6. The number of hydrogen-bond donors (Lipinski definition) is 0. The second-order valence-corrected chi connectivity index (χ2v) is 3.14. The lowest BCUT2D eigenvalue weighted by Gasteiger charge is -2.25. The van der Waals surface area contributed by atoms with E-state index in [1.54, 1.807) is 21.3 Å². The van der Waals surface area contributed by atoms with Crippen molar-refractivity contribution < 1.29 is 14.2 Å². The summed E-state index contributed by atoms with van der Waals surface area (Å²) in [6, 6.07) is 0. The monoisotopic (exact) mass is 198 g/mol. The average molecular weight is 198 g/mol. The Morgan fingerprint density at radius 2 is 2.00 bits per heavy atom. The Morgan fingerprint density at radius 1 is 1.29 bits per heavy atom. The van der Waals surface area contributed by atoms with Gasteiger partial charge in [-0.2, -0.15) is 0 Å². The Bertz CT molecular complexity index is 253. The van der Waals surface area contributed by atoms with Crippen LogP contribution in [0.4, 0.5) is 0 Å². The fourth-order valence-corrected chi connectivity index (χ4v) is 1.72. The average Bonchev–Trinajstić information content (AvgIpc) is 2.26. The Balaban J connectivity index is 3.00. The summed E-state index contributed by atoms with van der Waals surface area (Å²) in [7, 11) is 5.00. The topological polar surface area (TPSA) is 27.7 Å². The van der Waals surface area contributed by atoms with Gasteiger partial charge in [-0.05, 0) is 18.4 Å². The van der Waals surface area contributed by atoms with Crippen LogP contribution in [0.3, 0.4) is 0 Å². The molecule has 1 aliphatic rings. The maximum Gasteiger partial charge on any atom is 0.167 e. The molecule has 0 radical (unpaired) electrons. The van der Waals surface area contributed by atoms with Crippen molar-refractivity contribution in [3.63, 3.8) is 0 Å². The van der Waals surface area contributed by atoms with Crippen LogP contribution in [0.2, 0.25) is 0 Å². The van der Waals surface area contributed by atoms with Gasteiger partial charge in [0.15, 0.2) is 11.5 Å². The highest BCUT2D eigenvalue weighted by Crippen LogP contribution is 2.29. The highest BCUT2D eigenvalue weighted by Gasteiger charge is 2.25. The summed E-state index contributed by atoms with van der Waals surface area (Å²) in [4.78, 5) is 0. The fraction of sp³-hybridized carbons (Fsp3) is 0.636. The molecule has 0 saturated carbocycles. The van der Waals surface area contributed by atoms with E-state index in [1.807, 2.05) is 0 Å². The minimum atomic E-state index is -0.00903. The van der Waals surface area contributed by atoms with E-state index in [2.05, 4.69) is 13.0 Å². The third-order valence-electron chi connectivity index (χ3n) is 2.48. The number of hydrogen-bond acceptors (Lipinski definition) is 3. The molecule has 0 aromatic heterocycles. The van der Waals surface area contributed by atoms with E-state index in [-0.39, 0.29) is 6.10 Å². The molecule has 14 heavy (non-hydrogen) atoms. The van der Waals surface area contributed by atoms with Crippen molar-refractivity contribution in [2.24, 2.45) is 0 Å². The van der Waals surface area contributed by atoms with Crippen LogP contribution in [-0.4, -0.2) is 27.4 Å². The van der Waals surface area contributed by atoms with E-state index in [1.165, 1.54) is 5.57 Å². The van der Waals surface area contributed by atoms with Gasteiger partial charge in [0.05, 0.1) is 14.2 Å². The van der Waals surface area contributed by atoms with Crippen molar-refractivity contribution >= 4 is 0 Å². The SMILES string of the molecule is CCC1=CCC(OC)C(OC)=C1OC. The molecule has 0 aromatic rings. The molecular formula is C11H18O3. The van der Waals surface area contributed by atoms with E-state index in [4.69, 9.17) is 14.2 Å². The number of methoxy groups -OCH3 is 3. The summed E-state index contributed by atoms with van der Waals surface area (Å²) >= 11 is 0. The second kappa shape index (κ2) is 5.05. The first-order chi connectivity index (χ1) is 6.78. The largest absolute Gasteiger partial charge is 0.494 e. The van der Waals surface area contributed by atoms with Gasteiger partial charge < -0.3 is 14.2 Å². The third kappa shape index (κ3) is 1.93. The highest BCUT2D eigenvalue weighted by molar-refractivity contribution is 5.34. The van der Waals surface area contributed by atoms with Gasteiger partial charge in [0.2, 0.25) is 0 Å². The van der Waals surface area contributed by atoms with E-state index < -0.39 is 0 Å². The lowest BCUT2D eigenvalue weighted by molar-refractivity contribution is 0.0659. The van der Waals surface area contributed by atoms with E-state index in [0.29, 0.717) is 0 Å². The Morgan fingerprint density at radius 3 is 2.43 bits per heavy atom.